The molecule has 1 aliphatic carbocycles. The molecular weight excluding hydrogens is 191 g/mol. The van der Waals surface area contributed by atoms with Crippen LogP contribution in [0.4, 0.5) is 0 Å². The van der Waals surface area contributed by atoms with E-state index in [4.69, 9.17) is 0 Å². The van der Waals surface area contributed by atoms with Crippen molar-refractivity contribution in [3.05, 3.63) is 40.9 Å². The molecule has 1 aromatic carbocycles. The smallest absolute Gasteiger partial charge is 0.100 e. The molecule has 0 N–H and O–H groups in total. The number of hydrogen-bond donors (Lipinski definition) is 0. The molecule has 0 fully saturated rings. The van der Waals surface area contributed by atoms with E-state index in [-0.39, 0.29) is 0 Å². The molecule has 0 saturated heterocycles. The Morgan fingerprint density at radius 3 is 2.50 bits per heavy atom. The molecule has 0 nitrogen and oxygen atoms in total. The summed E-state index contributed by atoms with van der Waals surface area (Å²) in [7, 11) is 1.23. The normalized spacial score (nSPS) is 16.6. The summed E-state index contributed by atoms with van der Waals surface area (Å²) < 4.78 is 0. The minimum Gasteiger partial charge on any atom is -0.100 e. The molecule has 1 heteroatoms. The third-order valence-electron chi connectivity index (χ3n) is 3.88. The van der Waals surface area contributed by atoms with Crippen LogP contribution in [0.1, 0.15) is 38.8 Å². The first kappa shape index (κ1) is 11.5. The van der Waals surface area contributed by atoms with Gasteiger partial charge in [0.2, 0.25) is 0 Å². The van der Waals surface area contributed by atoms with E-state index in [2.05, 4.69) is 58.0 Å². The summed E-state index contributed by atoms with van der Waals surface area (Å²) in [5.74, 6) is 0.744. The third-order valence-corrected chi connectivity index (χ3v) is 3.88. The van der Waals surface area contributed by atoms with Crippen molar-refractivity contribution in [2.24, 2.45) is 5.41 Å². The average molecular weight is 212 g/mol. The van der Waals surface area contributed by atoms with Crippen molar-refractivity contribution in [2.45, 2.75) is 39.9 Å². The Bertz CT molecular complexity index is 410. The first-order valence-corrected chi connectivity index (χ1v) is 6.24. The molecule has 0 bridgehead atoms. The zero-order chi connectivity index (χ0) is 11.8. The molecule has 1 atom stereocenters. The van der Waals surface area contributed by atoms with Crippen molar-refractivity contribution in [2.75, 3.05) is 0 Å². The number of rotatable bonds is 2. The summed E-state index contributed by atoms with van der Waals surface area (Å²) in [6.45, 7) is 9.37. The van der Waals surface area contributed by atoms with Gasteiger partial charge < -0.3 is 0 Å². The zero-order valence-corrected chi connectivity index (χ0v) is 10.9. The highest BCUT2D eigenvalue weighted by Gasteiger charge is 2.23. The number of benzene rings is 1. The molecule has 0 spiro atoms. The van der Waals surface area contributed by atoms with Gasteiger partial charge in [-0.1, -0.05) is 63.9 Å². The lowest BCUT2D eigenvalue weighted by molar-refractivity contribution is 0.395. The maximum atomic E-state index is 2.39. The molecule has 0 aromatic heterocycles. The maximum Gasteiger partial charge on any atom is 0.156 e. The lowest BCUT2D eigenvalue weighted by atomic mass is 9.51. The second-order valence-corrected chi connectivity index (χ2v) is 6.15. The number of allylic oxidation sites excluding steroid dienone is 1. The van der Waals surface area contributed by atoms with Crippen LogP contribution in [0.2, 0.25) is 5.82 Å². The van der Waals surface area contributed by atoms with Crippen molar-refractivity contribution in [1.82, 2.24) is 0 Å². The van der Waals surface area contributed by atoms with Gasteiger partial charge in [-0.15, -0.1) is 5.47 Å². The predicted octanol–water partition coefficient (Wildman–Crippen LogP) is 3.87. The second kappa shape index (κ2) is 4.12. The fourth-order valence-electron chi connectivity index (χ4n) is 2.18. The first-order valence-electron chi connectivity index (χ1n) is 6.24. The van der Waals surface area contributed by atoms with Crippen LogP contribution in [0.3, 0.4) is 0 Å². The third kappa shape index (κ3) is 2.40. The van der Waals surface area contributed by atoms with Gasteiger partial charge in [0.25, 0.3) is 0 Å². The van der Waals surface area contributed by atoms with Gasteiger partial charge in [-0.05, 0) is 23.0 Å². The lowest BCUT2D eigenvalue weighted by Crippen LogP contribution is -2.19. The van der Waals surface area contributed by atoms with E-state index in [0.29, 0.717) is 5.41 Å². The summed E-state index contributed by atoms with van der Waals surface area (Å²) in [6, 6.07) is 8.75. The fraction of sp³-hybridized carbons (Fsp3) is 0.467. The van der Waals surface area contributed by atoms with Crippen LogP contribution in [0, 0.1) is 5.41 Å². The van der Waals surface area contributed by atoms with Crippen molar-refractivity contribution < 1.29 is 0 Å². The molecular formula is C15H21B. The largest absolute Gasteiger partial charge is 0.156 e. The highest BCUT2D eigenvalue weighted by atomic mass is 14.2. The van der Waals surface area contributed by atoms with Crippen LogP contribution >= 0.6 is 0 Å². The van der Waals surface area contributed by atoms with Crippen LogP contribution in [0.25, 0.3) is 6.08 Å². The summed E-state index contributed by atoms with van der Waals surface area (Å²) >= 11 is 0. The van der Waals surface area contributed by atoms with Gasteiger partial charge in [0, 0.05) is 0 Å². The molecule has 0 aliphatic heterocycles. The Morgan fingerprint density at radius 2 is 1.88 bits per heavy atom. The Labute approximate surface area is 100 Å². The van der Waals surface area contributed by atoms with E-state index >= 15 is 0 Å². The van der Waals surface area contributed by atoms with Gasteiger partial charge in [0.1, 0.15) is 0 Å². The number of hydrogen-bond acceptors (Lipinski definition) is 0. The molecule has 1 aromatic rings. The van der Waals surface area contributed by atoms with Gasteiger partial charge in [-0.3, -0.25) is 0 Å². The molecule has 0 radical (unpaired) electrons. The number of fused-ring (bicyclic) bond motifs is 1. The molecule has 1 aliphatic rings. The molecule has 0 saturated carbocycles. The summed E-state index contributed by atoms with van der Waals surface area (Å²) in [6.07, 6.45) is 3.55. The Balaban J connectivity index is 2.06. The molecule has 0 heterocycles. The fourth-order valence-corrected chi connectivity index (χ4v) is 2.18. The van der Waals surface area contributed by atoms with Crippen LogP contribution in [-0.4, -0.2) is 7.28 Å². The van der Waals surface area contributed by atoms with Crippen molar-refractivity contribution >= 4 is 13.4 Å². The van der Waals surface area contributed by atoms with Crippen LogP contribution in [0.15, 0.2) is 29.7 Å². The first-order chi connectivity index (χ1) is 7.47. The van der Waals surface area contributed by atoms with Crippen LogP contribution < -0.4 is 0 Å². The molecule has 84 valence electrons. The van der Waals surface area contributed by atoms with E-state index in [1.54, 1.807) is 5.47 Å². The highest BCUT2D eigenvalue weighted by molar-refractivity contribution is 6.49. The predicted molar refractivity (Wildman–Crippen MR) is 74.2 cm³/mol. The van der Waals surface area contributed by atoms with E-state index in [1.165, 1.54) is 18.4 Å². The second-order valence-electron chi connectivity index (χ2n) is 6.15. The minimum absolute atomic E-state index is 0.412. The van der Waals surface area contributed by atoms with Gasteiger partial charge in [-0.2, -0.15) is 0 Å². The summed E-state index contributed by atoms with van der Waals surface area (Å²) in [4.78, 5) is 0. The van der Waals surface area contributed by atoms with Crippen molar-refractivity contribution in [3.63, 3.8) is 0 Å². The Hall–Kier alpha value is -0.975. The van der Waals surface area contributed by atoms with E-state index in [0.717, 1.165) is 12.2 Å². The van der Waals surface area contributed by atoms with Gasteiger partial charge in [0.05, 0.1) is 0 Å². The minimum atomic E-state index is 0.412. The zero-order valence-electron chi connectivity index (χ0n) is 10.9. The Kier molecular flexibility index (Phi) is 2.97. The van der Waals surface area contributed by atoms with E-state index in [9.17, 15) is 0 Å². The van der Waals surface area contributed by atoms with Gasteiger partial charge >= 0.3 is 0 Å². The summed E-state index contributed by atoms with van der Waals surface area (Å²) in [5, 5.41) is 0. The Morgan fingerprint density at radius 1 is 1.19 bits per heavy atom. The van der Waals surface area contributed by atoms with Crippen molar-refractivity contribution in [1.29, 1.82) is 0 Å². The quantitative estimate of drug-likeness (QED) is 0.652. The standard InChI is InChI=1S/C15H21B/c1-11(15(2,3)4)16-14-9-12-7-5-6-8-13(12)10-14/h5-9,11,16H,10H2,1-4H3. The maximum absolute atomic E-state index is 2.39. The topological polar surface area (TPSA) is 0 Å². The van der Waals surface area contributed by atoms with Crippen LogP contribution in [0.5, 0.6) is 0 Å². The molecule has 16 heavy (non-hydrogen) atoms. The average Bonchev–Trinajstić information content (AvgIpc) is 2.58. The molecule has 0 amide bonds. The molecule has 1 unspecified atom stereocenters. The highest BCUT2D eigenvalue weighted by Crippen LogP contribution is 2.34. The summed E-state index contributed by atoms with van der Waals surface area (Å²) in [5.41, 5.74) is 4.94. The van der Waals surface area contributed by atoms with E-state index < -0.39 is 0 Å². The van der Waals surface area contributed by atoms with Gasteiger partial charge in [-0.25, -0.2) is 0 Å². The molecule has 2 rings (SSSR count). The van der Waals surface area contributed by atoms with E-state index in [1.807, 2.05) is 0 Å². The lowest BCUT2D eigenvalue weighted by Gasteiger charge is -2.26. The monoisotopic (exact) mass is 212 g/mol. The van der Waals surface area contributed by atoms with Crippen LogP contribution in [-0.2, 0) is 6.42 Å². The van der Waals surface area contributed by atoms with Crippen molar-refractivity contribution in [3.8, 4) is 0 Å². The SMILES string of the molecule is CC(BC1=Cc2ccccc2C1)C(C)(C)C. The van der Waals surface area contributed by atoms with Gasteiger partial charge in [0.15, 0.2) is 7.28 Å².